The maximum Gasteiger partial charge on any atom is 0.00739 e. The Morgan fingerprint density at radius 1 is 1.54 bits per heavy atom. The molecule has 1 fully saturated rings. The lowest BCUT2D eigenvalue weighted by molar-refractivity contribution is 0.179. The first-order valence-electron chi connectivity index (χ1n) is 5.40. The Bertz CT molecular complexity index is 163. The highest BCUT2D eigenvalue weighted by atomic mass is 15.2. The molecule has 1 heterocycles. The van der Waals surface area contributed by atoms with Gasteiger partial charge in [-0.2, -0.15) is 0 Å². The smallest absolute Gasteiger partial charge is 0.00739 e. The van der Waals surface area contributed by atoms with E-state index in [1.807, 2.05) is 0 Å². The maximum absolute atomic E-state index is 5.96. The summed E-state index contributed by atoms with van der Waals surface area (Å²) in [5.41, 5.74) is 6.21. The van der Waals surface area contributed by atoms with Crippen LogP contribution in [0.1, 0.15) is 34.1 Å². The molecule has 1 rings (SSSR count). The molecule has 0 aromatic rings. The summed E-state index contributed by atoms with van der Waals surface area (Å²) in [4.78, 5) is 2.55. The van der Waals surface area contributed by atoms with Gasteiger partial charge < -0.3 is 10.6 Å². The van der Waals surface area contributed by atoms with E-state index < -0.39 is 0 Å². The van der Waals surface area contributed by atoms with Crippen molar-refractivity contribution in [2.75, 3.05) is 19.6 Å². The van der Waals surface area contributed by atoms with Crippen LogP contribution < -0.4 is 5.73 Å². The summed E-state index contributed by atoms with van der Waals surface area (Å²) < 4.78 is 0. The number of nitrogens with zero attached hydrogens (tertiary/aromatic N) is 1. The lowest BCUT2D eigenvalue weighted by Gasteiger charge is -2.33. The van der Waals surface area contributed by atoms with Crippen molar-refractivity contribution in [3.63, 3.8) is 0 Å². The molecule has 0 bridgehead atoms. The molecule has 2 unspecified atom stereocenters. The van der Waals surface area contributed by atoms with Crippen molar-refractivity contribution in [2.24, 2.45) is 17.1 Å². The average molecular weight is 184 g/mol. The second-order valence-electron chi connectivity index (χ2n) is 5.41. The number of hydrogen-bond acceptors (Lipinski definition) is 2. The SMILES string of the molecule is CC1CCN(CC(C)(C)C(C)N)C1. The van der Waals surface area contributed by atoms with Crippen LogP contribution in [0.4, 0.5) is 0 Å². The summed E-state index contributed by atoms with van der Waals surface area (Å²) in [6.07, 6.45) is 1.36. The van der Waals surface area contributed by atoms with Crippen LogP contribution in [0.2, 0.25) is 0 Å². The van der Waals surface area contributed by atoms with E-state index in [0.717, 1.165) is 12.5 Å². The summed E-state index contributed by atoms with van der Waals surface area (Å²) in [5, 5.41) is 0. The Kier molecular flexibility index (Phi) is 3.36. The summed E-state index contributed by atoms with van der Waals surface area (Å²) in [5.74, 6) is 0.879. The Labute approximate surface area is 82.5 Å². The third-order valence-electron chi connectivity index (χ3n) is 3.37. The number of rotatable bonds is 3. The first-order valence-corrected chi connectivity index (χ1v) is 5.40. The summed E-state index contributed by atoms with van der Waals surface area (Å²) in [6, 6.07) is 0.281. The molecule has 1 aliphatic heterocycles. The number of likely N-dealkylation sites (tertiary alicyclic amines) is 1. The summed E-state index contributed by atoms with van der Waals surface area (Å²) in [6.45, 7) is 12.6. The molecule has 0 amide bonds. The van der Waals surface area contributed by atoms with Crippen LogP contribution in [0.15, 0.2) is 0 Å². The van der Waals surface area contributed by atoms with Gasteiger partial charge in [0, 0.05) is 19.1 Å². The van der Waals surface area contributed by atoms with Crippen molar-refractivity contribution >= 4 is 0 Å². The van der Waals surface area contributed by atoms with Crippen LogP contribution in [0, 0.1) is 11.3 Å². The fourth-order valence-corrected chi connectivity index (χ4v) is 1.89. The monoisotopic (exact) mass is 184 g/mol. The number of nitrogens with two attached hydrogens (primary N) is 1. The van der Waals surface area contributed by atoms with Crippen molar-refractivity contribution in [3.8, 4) is 0 Å². The van der Waals surface area contributed by atoms with Crippen molar-refractivity contribution in [3.05, 3.63) is 0 Å². The van der Waals surface area contributed by atoms with Gasteiger partial charge in [0.25, 0.3) is 0 Å². The highest BCUT2D eigenvalue weighted by Gasteiger charge is 2.28. The second-order valence-corrected chi connectivity index (χ2v) is 5.41. The van der Waals surface area contributed by atoms with Crippen LogP contribution in [0.3, 0.4) is 0 Å². The van der Waals surface area contributed by atoms with Gasteiger partial charge in [-0.1, -0.05) is 20.8 Å². The van der Waals surface area contributed by atoms with E-state index in [4.69, 9.17) is 5.73 Å². The van der Waals surface area contributed by atoms with E-state index in [9.17, 15) is 0 Å². The third-order valence-corrected chi connectivity index (χ3v) is 3.37. The van der Waals surface area contributed by atoms with Crippen molar-refractivity contribution in [1.29, 1.82) is 0 Å². The zero-order chi connectivity index (χ0) is 10.1. The lowest BCUT2D eigenvalue weighted by atomic mass is 9.85. The van der Waals surface area contributed by atoms with Crippen LogP contribution in [0.25, 0.3) is 0 Å². The van der Waals surface area contributed by atoms with Gasteiger partial charge in [0.1, 0.15) is 0 Å². The molecule has 0 aromatic carbocycles. The molecule has 2 heteroatoms. The molecular weight excluding hydrogens is 160 g/mol. The molecular formula is C11H24N2. The molecule has 2 atom stereocenters. The molecule has 1 aliphatic rings. The lowest BCUT2D eigenvalue weighted by Crippen LogP contribution is -2.43. The number of hydrogen-bond donors (Lipinski definition) is 1. The molecule has 0 spiro atoms. The van der Waals surface area contributed by atoms with Gasteiger partial charge in [-0.25, -0.2) is 0 Å². The zero-order valence-corrected chi connectivity index (χ0v) is 9.51. The van der Waals surface area contributed by atoms with Crippen molar-refractivity contribution in [1.82, 2.24) is 4.90 Å². The highest BCUT2D eigenvalue weighted by molar-refractivity contribution is 4.84. The summed E-state index contributed by atoms with van der Waals surface area (Å²) in [7, 11) is 0. The van der Waals surface area contributed by atoms with Gasteiger partial charge in [0.15, 0.2) is 0 Å². The van der Waals surface area contributed by atoms with Gasteiger partial charge in [-0.15, -0.1) is 0 Å². The Hall–Kier alpha value is -0.0800. The maximum atomic E-state index is 5.96. The molecule has 78 valence electrons. The van der Waals surface area contributed by atoms with E-state index in [1.54, 1.807) is 0 Å². The van der Waals surface area contributed by atoms with Gasteiger partial charge in [0.2, 0.25) is 0 Å². The minimum absolute atomic E-state index is 0.254. The van der Waals surface area contributed by atoms with Crippen molar-refractivity contribution in [2.45, 2.75) is 40.2 Å². The minimum Gasteiger partial charge on any atom is -0.327 e. The largest absolute Gasteiger partial charge is 0.327 e. The molecule has 0 saturated carbocycles. The fourth-order valence-electron chi connectivity index (χ4n) is 1.89. The Morgan fingerprint density at radius 2 is 2.15 bits per heavy atom. The molecule has 2 N–H and O–H groups in total. The highest BCUT2D eigenvalue weighted by Crippen LogP contribution is 2.24. The van der Waals surface area contributed by atoms with E-state index in [1.165, 1.54) is 19.5 Å². The predicted octanol–water partition coefficient (Wildman–Crippen LogP) is 1.70. The van der Waals surface area contributed by atoms with E-state index >= 15 is 0 Å². The Morgan fingerprint density at radius 3 is 2.54 bits per heavy atom. The summed E-state index contributed by atoms with van der Waals surface area (Å²) >= 11 is 0. The standard InChI is InChI=1S/C11H24N2/c1-9-5-6-13(7-9)8-11(3,4)10(2)12/h9-10H,5-8,12H2,1-4H3. The topological polar surface area (TPSA) is 29.3 Å². The van der Waals surface area contributed by atoms with Crippen LogP contribution in [-0.2, 0) is 0 Å². The van der Waals surface area contributed by atoms with Gasteiger partial charge in [-0.3, -0.25) is 0 Å². The van der Waals surface area contributed by atoms with Crippen LogP contribution in [0.5, 0.6) is 0 Å². The van der Waals surface area contributed by atoms with E-state index in [-0.39, 0.29) is 11.5 Å². The van der Waals surface area contributed by atoms with Gasteiger partial charge in [0.05, 0.1) is 0 Å². The second kappa shape index (κ2) is 3.97. The first kappa shape index (κ1) is 11.0. The minimum atomic E-state index is 0.254. The average Bonchev–Trinajstić information content (AvgIpc) is 2.34. The van der Waals surface area contributed by atoms with Crippen LogP contribution in [-0.4, -0.2) is 30.6 Å². The zero-order valence-electron chi connectivity index (χ0n) is 9.51. The third kappa shape index (κ3) is 2.96. The van der Waals surface area contributed by atoms with Gasteiger partial charge in [-0.05, 0) is 31.2 Å². The fraction of sp³-hybridized carbons (Fsp3) is 1.00. The quantitative estimate of drug-likeness (QED) is 0.723. The van der Waals surface area contributed by atoms with Gasteiger partial charge >= 0.3 is 0 Å². The van der Waals surface area contributed by atoms with E-state index in [2.05, 4.69) is 32.6 Å². The normalized spacial score (nSPS) is 27.9. The van der Waals surface area contributed by atoms with Crippen molar-refractivity contribution < 1.29 is 0 Å². The first-order chi connectivity index (χ1) is 5.92. The predicted molar refractivity (Wildman–Crippen MR) is 57.7 cm³/mol. The molecule has 0 aliphatic carbocycles. The van der Waals surface area contributed by atoms with E-state index in [0.29, 0.717) is 0 Å². The molecule has 0 radical (unpaired) electrons. The molecule has 2 nitrogen and oxygen atoms in total. The molecule has 1 saturated heterocycles. The molecule has 13 heavy (non-hydrogen) atoms. The molecule has 0 aromatic heterocycles. The van der Waals surface area contributed by atoms with Crippen LogP contribution >= 0.6 is 0 Å². The Balaban J connectivity index is 2.40.